The summed E-state index contributed by atoms with van der Waals surface area (Å²) in [5.74, 6) is 0. The van der Waals surface area contributed by atoms with Crippen LogP contribution in [0.4, 0.5) is 18.6 Å². The fourth-order valence-corrected chi connectivity index (χ4v) is 0.714. The van der Waals surface area contributed by atoms with Crippen LogP contribution in [0, 0.1) is 0 Å². The summed E-state index contributed by atoms with van der Waals surface area (Å²) in [6.07, 6.45) is 0. The van der Waals surface area contributed by atoms with Crippen molar-refractivity contribution in [3.63, 3.8) is 0 Å². The minimum absolute atomic E-state index is 0.341. The second-order valence-corrected chi connectivity index (χ2v) is 2.24. The molecule has 1 rings (SSSR count). The summed E-state index contributed by atoms with van der Waals surface area (Å²) in [5.41, 5.74) is 4.94. The lowest BCUT2D eigenvalue weighted by molar-refractivity contribution is 0.501. The van der Waals surface area contributed by atoms with E-state index in [-0.39, 0.29) is 0 Å². The van der Waals surface area contributed by atoms with E-state index in [1.54, 1.807) is 0 Å². The second kappa shape index (κ2) is 2.49. The average Bonchev–Trinajstić information content (AvgIpc) is 1.86. The van der Waals surface area contributed by atoms with Crippen LogP contribution < -0.4 is 11.2 Å². The van der Waals surface area contributed by atoms with Gasteiger partial charge in [0.05, 0.1) is 0 Å². The van der Waals surface area contributed by atoms with Crippen LogP contribution in [-0.4, -0.2) is 6.98 Å². The summed E-state index contributed by atoms with van der Waals surface area (Å²) in [4.78, 5) is 0. The maximum absolute atomic E-state index is 11.9. The number of halogens is 3. The van der Waals surface area contributed by atoms with E-state index in [2.05, 4.69) is 0 Å². The molecule has 0 aliphatic rings. The Balaban J connectivity index is 2.99. The molecule has 5 heteroatoms. The van der Waals surface area contributed by atoms with E-state index in [1.165, 1.54) is 12.1 Å². The van der Waals surface area contributed by atoms with E-state index < -0.39 is 12.4 Å². The highest BCUT2D eigenvalue weighted by atomic mass is 19.4. The molecule has 0 aromatic heterocycles. The lowest BCUT2D eigenvalue weighted by Crippen LogP contribution is -2.33. The fourth-order valence-electron chi connectivity index (χ4n) is 0.714. The zero-order valence-electron chi connectivity index (χ0n) is 5.60. The molecule has 0 bridgehead atoms. The Morgan fingerprint density at radius 2 is 1.45 bits per heavy atom. The molecule has 1 aromatic rings. The molecule has 0 aliphatic carbocycles. The van der Waals surface area contributed by atoms with Crippen molar-refractivity contribution in [1.82, 2.24) is 0 Å². The quantitative estimate of drug-likeness (QED) is 0.486. The SMILES string of the molecule is Nc1ccc([B-](F)(F)F)cc1. The predicted molar refractivity (Wildman–Crippen MR) is 39.6 cm³/mol. The minimum atomic E-state index is -4.87. The lowest BCUT2D eigenvalue weighted by Gasteiger charge is -2.13. The monoisotopic (exact) mass is 160 g/mol. The van der Waals surface area contributed by atoms with Crippen LogP contribution >= 0.6 is 0 Å². The number of nitrogens with two attached hydrogens (primary N) is 1. The maximum Gasteiger partial charge on any atom is 0.509 e. The van der Waals surface area contributed by atoms with Crippen molar-refractivity contribution in [1.29, 1.82) is 0 Å². The van der Waals surface area contributed by atoms with Crippen molar-refractivity contribution < 1.29 is 12.9 Å². The Bertz CT molecular complexity index is 241. The number of hydrogen-bond donors (Lipinski definition) is 1. The Hall–Kier alpha value is -1.13. The normalized spacial score (nSPS) is 11.5. The van der Waals surface area contributed by atoms with Crippen molar-refractivity contribution in [2.75, 3.05) is 5.73 Å². The van der Waals surface area contributed by atoms with E-state index in [1.807, 2.05) is 0 Å². The van der Waals surface area contributed by atoms with Gasteiger partial charge < -0.3 is 18.7 Å². The summed E-state index contributed by atoms with van der Waals surface area (Å²) >= 11 is 0. The van der Waals surface area contributed by atoms with Crippen LogP contribution in [0.1, 0.15) is 0 Å². The third kappa shape index (κ3) is 1.90. The Morgan fingerprint density at radius 3 is 1.82 bits per heavy atom. The number of anilines is 1. The van der Waals surface area contributed by atoms with Crippen LogP contribution in [0.5, 0.6) is 0 Å². The van der Waals surface area contributed by atoms with Crippen molar-refractivity contribution in [3.8, 4) is 0 Å². The standard InChI is InChI=1S/C6H6BF3N/c8-7(9,10)5-1-3-6(11)4-2-5/h1-4H,11H2/q-1. The molecule has 11 heavy (non-hydrogen) atoms. The van der Waals surface area contributed by atoms with E-state index in [0.717, 1.165) is 12.1 Å². The van der Waals surface area contributed by atoms with Crippen LogP contribution in [0.25, 0.3) is 0 Å². The highest BCUT2D eigenvalue weighted by Gasteiger charge is 2.24. The Morgan fingerprint density at radius 1 is 1.00 bits per heavy atom. The van der Waals surface area contributed by atoms with Gasteiger partial charge >= 0.3 is 6.98 Å². The third-order valence-electron chi connectivity index (χ3n) is 1.31. The largest absolute Gasteiger partial charge is 0.509 e. The molecule has 0 unspecified atom stereocenters. The van der Waals surface area contributed by atoms with Gasteiger partial charge in [0.25, 0.3) is 0 Å². The first-order valence-electron chi connectivity index (χ1n) is 3.05. The van der Waals surface area contributed by atoms with Gasteiger partial charge in [0.15, 0.2) is 0 Å². The molecule has 1 aromatic carbocycles. The molecule has 2 N–H and O–H groups in total. The van der Waals surface area contributed by atoms with Gasteiger partial charge in [-0.05, 0) is 12.1 Å². The van der Waals surface area contributed by atoms with Crippen LogP contribution in [0.3, 0.4) is 0 Å². The molecule has 60 valence electrons. The van der Waals surface area contributed by atoms with E-state index in [0.29, 0.717) is 5.69 Å². The molecule has 0 spiro atoms. The summed E-state index contributed by atoms with van der Waals surface area (Å²) < 4.78 is 35.8. The molecular formula is C6H6BF3N-. The first-order valence-corrected chi connectivity index (χ1v) is 3.05. The van der Waals surface area contributed by atoms with Crippen LogP contribution in [-0.2, 0) is 0 Å². The van der Waals surface area contributed by atoms with Gasteiger partial charge in [-0.25, -0.2) is 0 Å². The van der Waals surface area contributed by atoms with Crippen molar-refractivity contribution in [3.05, 3.63) is 24.3 Å². The molecular weight excluding hydrogens is 154 g/mol. The molecule has 0 fully saturated rings. The fraction of sp³-hybridized carbons (Fsp3) is 0. The number of hydrogen-bond acceptors (Lipinski definition) is 1. The summed E-state index contributed by atoms with van der Waals surface area (Å²) in [5, 5.41) is 0. The van der Waals surface area contributed by atoms with Gasteiger partial charge in [-0.3, -0.25) is 0 Å². The van der Waals surface area contributed by atoms with Gasteiger partial charge in [0.1, 0.15) is 0 Å². The number of benzene rings is 1. The van der Waals surface area contributed by atoms with E-state index in [9.17, 15) is 12.9 Å². The molecule has 0 heterocycles. The molecule has 1 nitrogen and oxygen atoms in total. The van der Waals surface area contributed by atoms with Crippen molar-refractivity contribution >= 4 is 18.1 Å². The van der Waals surface area contributed by atoms with Crippen LogP contribution in [0.15, 0.2) is 24.3 Å². The van der Waals surface area contributed by atoms with E-state index in [4.69, 9.17) is 5.73 Å². The Kier molecular flexibility index (Phi) is 1.80. The zero-order chi connectivity index (χ0) is 8.48. The average molecular weight is 160 g/mol. The molecule has 0 saturated carbocycles. The van der Waals surface area contributed by atoms with Gasteiger partial charge in [-0.2, -0.15) is 0 Å². The lowest BCUT2D eigenvalue weighted by atomic mass is 9.80. The minimum Gasteiger partial charge on any atom is -0.445 e. The van der Waals surface area contributed by atoms with Crippen molar-refractivity contribution in [2.24, 2.45) is 0 Å². The second-order valence-electron chi connectivity index (χ2n) is 2.24. The Labute approximate surface area is 62.1 Å². The van der Waals surface area contributed by atoms with E-state index >= 15 is 0 Å². The van der Waals surface area contributed by atoms with Gasteiger partial charge in [-0.15, -0.1) is 5.46 Å². The zero-order valence-corrected chi connectivity index (χ0v) is 5.60. The van der Waals surface area contributed by atoms with Crippen molar-refractivity contribution in [2.45, 2.75) is 0 Å². The van der Waals surface area contributed by atoms with Crippen LogP contribution in [0.2, 0.25) is 0 Å². The molecule has 0 saturated heterocycles. The summed E-state index contributed by atoms with van der Waals surface area (Å²) in [7, 11) is 0. The summed E-state index contributed by atoms with van der Waals surface area (Å²) in [6, 6.07) is 4.44. The predicted octanol–water partition coefficient (Wildman–Crippen LogP) is 1.32. The maximum atomic E-state index is 11.9. The first kappa shape index (κ1) is 7.98. The first-order chi connectivity index (χ1) is 5.00. The van der Waals surface area contributed by atoms with Gasteiger partial charge in [-0.1, -0.05) is 12.1 Å². The third-order valence-corrected chi connectivity index (χ3v) is 1.31. The number of rotatable bonds is 1. The molecule has 0 amide bonds. The molecule has 0 atom stereocenters. The van der Waals surface area contributed by atoms with Gasteiger partial charge in [0.2, 0.25) is 0 Å². The highest BCUT2D eigenvalue weighted by molar-refractivity contribution is 6.73. The molecule has 0 aliphatic heterocycles. The highest BCUT2D eigenvalue weighted by Crippen LogP contribution is 2.09. The molecule has 0 radical (unpaired) electrons. The topological polar surface area (TPSA) is 26.0 Å². The van der Waals surface area contributed by atoms with Gasteiger partial charge in [0, 0.05) is 5.69 Å². The smallest absolute Gasteiger partial charge is 0.445 e. The summed E-state index contributed by atoms with van der Waals surface area (Å²) in [6.45, 7) is -4.87. The number of nitrogen functional groups attached to an aromatic ring is 1.